The van der Waals surface area contributed by atoms with Gasteiger partial charge in [-0.05, 0) is 52.5 Å². The molecule has 6 heteroatoms. The van der Waals surface area contributed by atoms with E-state index >= 15 is 0 Å². The molecular formula is C24H39N5O. The van der Waals surface area contributed by atoms with Crippen LogP contribution in [0.25, 0.3) is 0 Å². The van der Waals surface area contributed by atoms with Crippen LogP contribution in [0.1, 0.15) is 58.9 Å². The van der Waals surface area contributed by atoms with Crippen LogP contribution < -0.4 is 4.90 Å². The molecule has 1 aliphatic carbocycles. The average Bonchev–Trinajstić information content (AvgIpc) is 2.93. The SMILES string of the molecule is CC(C)C(=O)C1CC(CN(C)Cc2cnc(N3C4CCC3CN(C(C)C)C4)nc2)C1. The van der Waals surface area contributed by atoms with E-state index in [0.29, 0.717) is 35.7 Å². The van der Waals surface area contributed by atoms with Crippen molar-refractivity contribution in [2.45, 2.75) is 78.0 Å². The van der Waals surface area contributed by atoms with Crippen LogP contribution in [0, 0.1) is 17.8 Å². The Bertz CT molecular complexity index is 714. The second kappa shape index (κ2) is 8.91. The molecule has 2 atom stereocenters. The number of hydrogen-bond donors (Lipinski definition) is 0. The number of fused-ring (bicyclic) bond motifs is 2. The quantitative estimate of drug-likeness (QED) is 0.652. The molecule has 2 aliphatic heterocycles. The monoisotopic (exact) mass is 413 g/mol. The third-order valence-corrected chi connectivity index (χ3v) is 7.39. The van der Waals surface area contributed by atoms with E-state index in [0.717, 1.165) is 45.0 Å². The Morgan fingerprint density at radius 2 is 1.70 bits per heavy atom. The van der Waals surface area contributed by atoms with Crippen molar-refractivity contribution in [1.29, 1.82) is 0 Å². The van der Waals surface area contributed by atoms with Crippen molar-refractivity contribution in [2.75, 3.05) is 31.6 Å². The second-order valence-electron chi connectivity index (χ2n) is 10.5. The number of rotatable bonds is 8. The molecular weight excluding hydrogens is 374 g/mol. The van der Waals surface area contributed by atoms with Crippen molar-refractivity contribution in [3.05, 3.63) is 18.0 Å². The molecule has 0 aromatic carbocycles. The molecule has 30 heavy (non-hydrogen) atoms. The zero-order valence-electron chi connectivity index (χ0n) is 19.4. The second-order valence-corrected chi connectivity index (χ2v) is 10.5. The van der Waals surface area contributed by atoms with Crippen LogP contribution in [0.5, 0.6) is 0 Å². The summed E-state index contributed by atoms with van der Waals surface area (Å²) in [6.07, 6.45) is 8.65. The number of piperazine rings is 1. The first-order valence-electron chi connectivity index (χ1n) is 11.9. The molecule has 0 radical (unpaired) electrons. The minimum absolute atomic E-state index is 0.174. The smallest absolute Gasteiger partial charge is 0.225 e. The van der Waals surface area contributed by atoms with Crippen LogP contribution in [-0.4, -0.2) is 70.4 Å². The molecule has 2 unspecified atom stereocenters. The standard InChI is InChI=1S/C24H39N5O/c1-16(2)23(30)20-8-18(9-20)12-27(5)13-19-10-25-24(26-11-19)29-21-6-7-22(29)15-28(14-21)17(3)4/h10-11,16-18,20-22H,6-9,12-15H2,1-5H3. The van der Waals surface area contributed by atoms with Gasteiger partial charge in [-0.3, -0.25) is 9.69 Å². The fraction of sp³-hybridized carbons (Fsp3) is 0.792. The molecule has 166 valence electrons. The van der Waals surface area contributed by atoms with E-state index in [9.17, 15) is 4.79 Å². The summed E-state index contributed by atoms with van der Waals surface area (Å²) < 4.78 is 0. The number of hydrogen-bond acceptors (Lipinski definition) is 6. The molecule has 1 saturated carbocycles. The zero-order valence-corrected chi connectivity index (χ0v) is 19.4. The third kappa shape index (κ3) is 4.54. The number of aromatic nitrogens is 2. The molecule has 3 aliphatic rings. The van der Waals surface area contributed by atoms with E-state index in [1.165, 1.54) is 18.4 Å². The van der Waals surface area contributed by atoms with Gasteiger partial charge in [0, 0.05) is 74.1 Å². The van der Waals surface area contributed by atoms with Gasteiger partial charge in [-0.2, -0.15) is 0 Å². The van der Waals surface area contributed by atoms with Gasteiger partial charge in [0.05, 0.1) is 0 Å². The number of carbonyl (C=O) groups excluding carboxylic acids is 1. The van der Waals surface area contributed by atoms with Crippen LogP contribution in [0.3, 0.4) is 0 Å². The molecule has 0 amide bonds. The Hall–Kier alpha value is -1.53. The number of nitrogens with zero attached hydrogens (tertiary/aromatic N) is 5. The minimum atomic E-state index is 0.174. The summed E-state index contributed by atoms with van der Waals surface area (Å²) in [4.78, 5) is 29.0. The lowest BCUT2D eigenvalue weighted by Gasteiger charge is -2.42. The van der Waals surface area contributed by atoms with Crippen molar-refractivity contribution >= 4 is 11.7 Å². The molecule has 0 spiro atoms. The Morgan fingerprint density at radius 1 is 1.10 bits per heavy atom. The predicted molar refractivity (Wildman–Crippen MR) is 120 cm³/mol. The van der Waals surface area contributed by atoms with Crippen LogP contribution in [-0.2, 0) is 11.3 Å². The molecule has 6 nitrogen and oxygen atoms in total. The van der Waals surface area contributed by atoms with E-state index < -0.39 is 0 Å². The van der Waals surface area contributed by atoms with Crippen LogP contribution in [0.2, 0.25) is 0 Å². The topological polar surface area (TPSA) is 52.6 Å². The van der Waals surface area contributed by atoms with E-state index in [2.05, 4.69) is 35.6 Å². The maximum Gasteiger partial charge on any atom is 0.225 e. The van der Waals surface area contributed by atoms with Crippen molar-refractivity contribution < 1.29 is 4.79 Å². The van der Waals surface area contributed by atoms with E-state index in [-0.39, 0.29) is 5.92 Å². The van der Waals surface area contributed by atoms with E-state index in [1.807, 2.05) is 26.2 Å². The van der Waals surface area contributed by atoms with Crippen molar-refractivity contribution in [2.24, 2.45) is 17.8 Å². The fourth-order valence-electron chi connectivity index (χ4n) is 5.65. The van der Waals surface area contributed by atoms with Gasteiger partial charge in [0.2, 0.25) is 5.95 Å². The summed E-state index contributed by atoms with van der Waals surface area (Å²) in [5, 5.41) is 0. The molecule has 2 bridgehead atoms. The van der Waals surface area contributed by atoms with Gasteiger partial charge in [-0.25, -0.2) is 9.97 Å². The number of ketones is 1. The lowest BCUT2D eigenvalue weighted by atomic mass is 9.70. The van der Waals surface area contributed by atoms with Crippen molar-refractivity contribution in [1.82, 2.24) is 19.8 Å². The molecule has 3 heterocycles. The molecule has 1 aromatic heterocycles. The first kappa shape index (κ1) is 21.7. The highest BCUT2D eigenvalue weighted by atomic mass is 16.1. The van der Waals surface area contributed by atoms with Gasteiger partial charge in [0.15, 0.2) is 0 Å². The lowest BCUT2D eigenvalue weighted by molar-refractivity contribution is -0.130. The maximum absolute atomic E-state index is 12.1. The van der Waals surface area contributed by atoms with Gasteiger partial charge in [0.1, 0.15) is 5.78 Å². The van der Waals surface area contributed by atoms with E-state index in [4.69, 9.17) is 9.97 Å². The largest absolute Gasteiger partial charge is 0.332 e. The highest BCUT2D eigenvalue weighted by molar-refractivity contribution is 5.83. The average molecular weight is 414 g/mol. The Balaban J connectivity index is 1.27. The summed E-state index contributed by atoms with van der Waals surface area (Å²) in [5.41, 5.74) is 1.17. The molecule has 2 saturated heterocycles. The van der Waals surface area contributed by atoms with Crippen molar-refractivity contribution in [3.8, 4) is 0 Å². The number of carbonyl (C=O) groups is 1. The van der Waals surface area contributed by atoms with Crippen LogP contribution >= 0.6 is 0 Å². The summed E-state index contributed by atoms with van der Waals surface area (Å²) in [5.74, 6) is 2.48. The Kier molecular flexibility index (Phi) is 6.44. The van der Waals surface area contributed by atoms with E-state index in [1.54, 1.807) is 0 Å². The molecule has 1 aromatic rings. The highest BCUT2D eigenvalue weighted by Gasteiger charge is 2.41. The Morgan fingerprint density at radius 3 is 2.23 bits per heavy atom. The van der Waals surface area contributed by atoms with Crippen molar-refractivity contribution in [3.63, 3.8) is 0 Å². The summed E-state index contributed by atoms with van der Waals surface area (Å²) in [6.45, 7) is 12.8. The van der Waals surface area contributed by atoms with Gasteiger partial charge >= 0.3 is 0 Å². The fourth-order valence-corrected chi connectivity index (χ4v) is 5.65. The first-order valence-corrected chi connectivity index (χ1v) is 11.9. The summed E-state index contributed by atoms with van der Waals surface area (Å²) in [7, 11) is 2.16. The Labute approximate surface area is 182 Å². The van der Waals surface area contributed by atoms with Crippen LogP contribution in [0.15, 0.2) is 12.4 Å². The highest BCUT2D eigenvalue weighted by Crippen LogP contribution is 2.36. The van der Waals surface area contributed by atoms with Gasteiger partial charge in [0.25, 0.3) is 0 Å². The van der Waals surface area contributed by atoms with Gasteiger partial charge in [-0.15, -0.1) is 0 Å². The predicted octanol–water partition coefficient (Wildman–Crippen LogP) is 3.22. The normalized spacial score (nSPS) is 29.1. The number of likely N-dealkylation sites (tertiary alicyclic amines) is 1. The third-order valence-electron chi connectivity index (χ3n) is 7.39. The maximum atomic E-state index is 12.1. The molecule has 3 fully saturated rings. The minimum Gasteiger partial charge on any atom is -0.332 e. The number of Topliss-reactive ketones (excluding diaryl/α,β-unsaturated/α-hetero) is 1. The lowest BCUT2D eigenvalue weighted by Crippen LogP contribution is -2.56. The summed E-state index contributed by atoms with van der Waals surface area (Å²) >= 11 is 0. The summed E-state index contributed by atoms with van der Waals surface area (Å²) in [6, 6.07) is 1.73. The zero-order chi connectivity index (χ0) is 21.4. The first-order chi connectivity index (χ1) is 14.3. The molecule has 0 N–H and O–H groups in total. The number of anilines is 1. The van der Waals surface area contributed by atoms with Crippen LogP contribution in [0.4, 0.5) is 5.95 Å². The molecule has 4 rings (SSSR count). The van der Waals surface area contributed by atoms with Gasteiger partial charge in [-0.1, -0.05) is 13.8 Å². The van der Waals surface area contributed by atoms with Gasteiger partial charge < -0.3 is 9.80 Å².